The first kappa shape index (κ1) is 12.1. The Bertz CT molecular complexity index is 288. The normalized spacial score (nSPS) is 23.1. The van der Waals surface area contributed by atoms with E-state index in [1.54, 1.807) is 11.9 Å². The molecular weight excluding hydrogens is 196 g/mol. The van der Waals surface area contributed by atoms with Gasteiger partial charge < -0.3 is 5.11 Å². The Hall–Kier alpha value is -0.940. The van der Waals surface area contributed by atoms with Gasteiger partial charge in [0.05, 0.1) is 19.1 Å². The van der Waals surface area contributed by atoms with Crippen molar-refractivity contribution < 1.29 is 14.7 Å². The summed E-state index contributed by atoms with van der Waals surface area (Å²) >= 11 is 0. The number of nitrogens with zero attached hydrogens (tertiary/aromatic N) is 2. The van der Waals surface area contributed by atoms with Gasteiger partial charge in [0.25, 0.3) is 0 Å². The quantitative estimate of drug-likeness (QED) is 0.640. The third kappa shape index (κ3) is 2.03. The second-order valence-corrected chi connectivity index (χ2v) is 4.59. The molecule has 0 spiro atoms. The average molecular weight is 214 g/mol. The van der Waals surface area contributed by atoms with Crippen LogP contribution < -0.4 is 0 Å². The first-order valence-electron chi connectivity index (χ1n) is 4.95. The van der Waals surface area contributed by atoms with Crippen molar-refractivity contribution in [2.75, 3.05) is 20.7 Å². The van der Waals surface area contributed by atoms with E-state index in [1.165, 1.54) is 7.05 Å². The minimum Gasteiger partial charge on any atom is -0.394 e. The van der Waals surface area contributed by atoms with Crippen molar-refractivity contribution in [3.63, 3.8) is 0 Å². The van der Waals surface area contributed by atoms with Gasteiger partial charge in [0.1, 0.15) is 0 Å². The molecule has 0 bridgehead atoms. The molecule has 5 heteroatoms. The second-order valence-electron chi connectivity index (χ2n) is 4.59. The zero-order chi connectivity index (χ0) is 11.8. The van der Waals surface area contributed by atoms with Gasteiger partial charge in [-0.15, -0.1) is 0 Å². The Morgan fingerprint density at radius 1 is 1.53 bits per heavy atom. The lowest BCUT2D eigenvalue weighted by molar-refractivity contribution is -0.138. The highest BCUT2D eigenvalue weighted by atomic mass is 16.3. The number of imide groups is 1. The standard InChI is InChI=1S/C10H18N2O3/c1-10(2,6-13)12(4)7-5-8(14)11(3)9(7)15/h7,13H,5-6H2,1-4H3. The first-order valence-corrected chi connectivity index (χ1v) is 4.95. The van der Waals surface area contributed by atoms with Crippen molar-refractivity contribution in [3.8, 4) is 0 Å². The minimum atomic E-state index is -0.494. The Kier molecular flexibility index (Phi) is 3.16. The van der Waals surface area contributed by atoms with Crippen LogP contribution in [0.15, 0.2) is 0 Å². The largest absolute Gasteiger partial charge is 0.394 e. The number of aliphatic hydroxyl groups excluding tert-OH is 1. The summed E-state index contributed by atoms with van der Waals surface area (Å²) < 4.78 is 0. The topological polar surface area (TPSA) is 60.9 Å². The van der Waals surface area contributed by atoms with E-state index in [2.05, 4.69) is 0 Å². The molecule has 1 aliphatic heterocycles. The molecule has 86 valence electrons. The Morgan fingerprint density at radius 3 is 2.40 bits per heavy atom. The fourth-order valence-electron chi connectivity index (χ4n) is 1.57. The van der Waals surface area contributed by atoms with Gasteiger partial charge in [0.2, 0.25) is 11.8 Å². The van der Waals surface area contributed by atoms with Crippen LogP contribution in [-0.2, 0) is 9.59 Å². The number of carbonyl (C=O) groups excluding carboxylic acids is 2. The highest BCUT2D eigenvalue weighted by molar-refractivity contribution is 6.05. The Labute approximate surface area is 89.7 Å². The molecule has 0 aromatic rings. The van der Waals surface area contributed by atoms with Gasteiger partial charge in [-0.25, -0.2) is 0 Å². The van der Waals surface area contributed by atoms with Gasteiger partial charge in [-0.3, -0.25) is 19.4 Å². The van der Waals surface area contributed by atoms with Crippen molar-refractivity contribution in [1.29, 1.82) is 0 Å². The van der Waals surface area contributed by atoms with E-state index in [9.17, 15) is 14.7 Å². The summed E-state index contributed by atoms with van der Waals surface area (Å²) in [5.41, 5.74) is -0.494. The van der Waals surface area contributed by atoms with E-state index in [4.69, 9.17) is 0 Å². The molecule has 1 aliphatic rings. The van der Waals surface area contributed by atoms with Crippen molar-refractivity contribution in [3.05, 3.63) is 0 Å². The van der Waals surface area contributed by atoms with Crippen LogP contribution in [0, 0.1) is 0 Å². The molecule has 1 unspecified atom stereocenters. The van der Waals surface area contributed by atoms with E-state index in [1.807, 2.05) is 13.8 Å². The van der Waals surface area contributed by atoms with Crippen LogP contribution in [0.25, 0.3) is 0 Å². The fraction of sp³-hybridized carbons (Fsp3) is 0.800. The molecule has 15 heavy (non-hydrogen) atoms. The number of aliphatic hydroxyl groups is 1. The van der Waals surface area contributed by atoms with Gasteiger partial charge in [0, 0.05) is 12.6 Å². The lowest BCUT2D eigenvalue weighted by Gasteiger charge is -2.36. The maximum atomic E-state index is 11.7. The van der Waals surface area contributed by atoms with Gasteiger partial charge in [-0.1, -0.05) is 0 Å². The van der Waals surface area contributed by atoms with Crippen molar-refractivity contribution in [1.82, 2.24) is 9.80 Å². The van der Waals surface area contributed by atoms with E-state index < -0.39 is 11.6 Å². The summed E-state index contributed by atoms with van der Waals surface area (Å²) in [7, 11) is 3.25. The molecule has 1 heterocycles. The molecule has 1 fully saturated rings. The monoisotopic (exact) mass is 214 g/mol. The molecule has 1 N–H and O–H groups in total. The smallest absolute Gasteiger partial charge is 0.246 e. The van der Waals surface area contributed by atoms with Gasteiger partial charge in [0.15, 0.2) is 0 Å². The number of carbonyl (C=O) groups is 2. The predicted molar refractivity (Wildman–Crippen MR) is 55.1 cm³/mol. The summed E-state index contributed by atoms with van der Waals surface area (Å²) in [6, 6.07) is -0.440. The van der Waals surface area contributed by atoms with Crippen LogP contribution in [0.5, 0.6) is 0 Å². The van der Waals surface area contributed by atoms with E-state index in [0.29, 0.717) is 0 Å². The van der Waals surface area contributed by atoms with Crippen LogP contribution in [0.3, 0.4) is 0 Å². The van der Waals surface area contributed by atoms with Crippen LogP contribution in [0.4, 0.5) is 0 Å². The van der Waals surface area contributed by atoms with Crippen molar-refractivity contribution >= 4 is 11.8 Å². The number of hydrogen-bond acceptors (Lipinski definition) is 4. The molecule has 5 nitrogen and oxygen atoms in total. The summed E-state index contributed by atoms with van der Waals surface area (Å²) in [5.74, 6) is -0.352. The summed E-state index contributed by atoms with van der Waals surface area (Å²) in [6.45, 7) is 3.62. The molecule has 1 atom stereocenters. The van der Waals surface area contributed by atoms with Gasteiger partial charge >= 0.3 is 0 Å². The number of likely N-dealkylation sites (N-methyl/N-ethyl adjacent to an activating group) is 2. The van der Waals surface area contributed by atoms with Crippen LogP contribution in [-0.4, -0.2) is 59.0 Å². The zero-order valence-corrected chi connectivity index (χ0v) is 9.65. The molecule has 0 radical (unpaired) electrons. The third-order valence-corrected chi connectivity index (χ3v) is 3.17. The number of amides is 2. The fourth-order valence-corrected chi connectivity index (χ4v) is 1.57. The van der Waals surface area contributed by atoms with E-state index in [-0.39, 0.29) is 24.8 Å². The number of hydrogen-bond donors (Lipinski definition) is 1. The van der Waals surface area contributed by atoms with Gasteiger partial charge in [-0.2, -0.15) is 0 Å². The average Bonchev–Trinajstić information content (AvgIpc) is 2.45. The predicted octanol–water partition coefficient (Wildman–Crippen LogP) is -0.554. The molecule has 0 aromatic carbocycles. The lowest BCUT2D eigenvalue weighted by Crippen LogP contribution is -2.52. The summed E-state index contributed by atoms with van der Waals surface area (Å²) in [6.07, 6.45) is 0.204. The van der Waals surface area contributed by atoms with E-state index in [0.717, 1.165) is 4.90 Å². The molecule has 2 amide bonds. The van der Waals surface area contributed by atoms with Crippen LogP contribution in [0.1, 0.15) is 20.3 Å². The number of likely N-dealkylation sites (tertiary alicyclic amines) is 1. The van der Waals surface area contributed by atoms with Crippen molar-refractivity contribution in [2.24, 2.45) is 0 Å². The summed E-state index contributed by atoms with van der Waals surface area (Å²) in [5, 5.41) is 9.19. The minimum absolute atomic E-state index is 0.0504. The maximum absolute atomic E-state index is 11.7. The zero-order valence-electron chi connectivity index (χ0n) is 9.65. The second kappa shape index (κ2) is 3.90. The molecule has 0 saturated carbocycles. The third-order valence-electron chi connectivity index (χ3n) is 3.17. The molecule has 1 saturated heterocycles. The number of rotatable bonds is 3. The maximum Gasteiger partial charge on any atom is 0.246 e. The van der Waals surface area contributed by atoms with Gasteiger partial charge in [-0.05, 0) is 20.9 Å². The molecule has 0 aromatic heterocycles. The van der Waals surface area contributed by atoms with Crippen LogP contribution >= 0.6 is 0 Å². The SMILES string of the molecule is CN1C(=O)CC(N(C)C(C)(C)CO)C1=O. The summed E-state index contributed by atoms with van der Waals surface area (Å²) in [4.78, 5) is 25.9. The Balaban J connectivity index is 2.83. The Morgan fingerprint density at radius 2 is 2.07 bits per heavy atom. The van der Waals surface area contributed by atoms with E-state index >= 15 is 0 Å². The first-order chi connectivity index (χ1) is 6.81. The molecule has 1 rings (SSSR count). The highest BCUT2D eigenvalue weighted by Crippen LogP contribution is 2.22. The lowest BCUT2D eigenvalue weighted by atomic mass is 10.0. The highest BCUT2D eigenvalue weighted by Gasteiger charge is 2.42. The van der Waals surface area contributed by atoms with Crippen LogP contribution in [0.2, 0.25) is 0 Å². The molecule has 0 aliphatic carbocycles. The molecular formula is C10H18N2O3. The van der Waals surface area contributed by atoms with Crippen molar-refractivity contribution in [2.45, 2.75) is 31.8 Å².